The van der Waals surface area contributed by atoms with Crippen molar-refractivity contribution >= 4 is 39.6 Å². The molecular formula is C17H15BrN4O3S. The largest absolute Gasteiger partial charge is 0.467 e. The lowest BCUT2D eigenvalue weighted by Crippen LogP contribution is -2.39. The number of hydrogen-bond donors (Lipinski definition) is 3. The minimum Gasteiger partial charge on any atom is -0.467 e. The summed E-state index contributed by atoms with van der Waals surface area (Å²) in [7, 11) is 0. The molecule has 0 aliphatic carbocycles. The lowest BCUT2D eigenvalue weighted by Gasteiger charge is -2.04. The number of nitrogens with zero attached hydrogens (tertiary/aromatic N) is 1. The van der Waals surface area contributed by atoms with Crippen LogP contribution in [-0.4, -0.2) is 27.7 Å². The number of aromatic nitrogens is 2. The standard InChI is InChI=1S/C17H15BrN4O3S/c18-12-5-3-11(4-6-12)14-9-20-17(21-14)26-10-15(23)22-16(24)19-8-13-2-1-7-25-13/h1-7,9H,8,10H2,(H,20,21)(H2,19,22,23,24). The highest BCUT2D eigenvalue weighted by Crippen LogP contribution is 2.22. The fourth-order valence-corrected chi connectivity index (χ4v) is 2.99. The van der Waals surface area contributed by atoms with Gasteiger partial charge in [-0.05, 0) is 29.8 Å². The van der Waals surface area contributed by atoms with Crippen molar-refractivity contribution in [1.82, 2.24) is 20.6 Å². The molecule has 0 unspecified atom stereocenters. The number of furan rings is 1. The zero-order valence-corrected chi connectivity index (χ0v) is 15.9. The molecule has 0 radical (unpaired) electrons. The second-order valence-corrected chi connectivity index (χ2v) is 7.09. The van der Waals surface area contributed by atoms with Gasteiger partial charge in [-0.2, -0.15) is 0 Å². The average molecular weight is 435 g/mol. The summed E-state index contributed by atoms with van der Waals surface area (Å²) in [6.07, 6.45) is 3.22. The van der Waals surface area contributed by atoms with E-state index in [1.165, 1.54) is 18.0 Å². The van der Waals surface area contributed by atoms with E-state index < -0.39 is 11.9 Å². The SMILES string of the molecule is O=C(CSc1ncc(-c2ccc(Br)cc2)[nH]1)NC(=O)NCc1ccco1. The monoisotopic (exact) mass is 434 g/mol. The molecule has 3 N–H and O–H groups in total. The lowest BCUT2D eigenvalue weighted by molar-refractivity contribution is -0.117. The van der Waals surface area contributed by atoms with Gasteiger partial charge >= 0.3 is 6.03 Å². The predicted octanol–water partition coefficient (Wildman–Crippen LogP) is 3.55. The molecule has 0 bridgehead atoms. The van der Waals surface area contributed by atoms with Crippen molar-refractivity contribution in [1.29, 1.82) is 0 Å². The smallest absolute Gasteiger partial charge is 0.321 e. The molecule has 9 heteroatoms. The van der Waals surface area contributed by atoms with Crippen LogP contribution in [0, 0.1) is 0 Å². The number of rotatable bonds is 6. The number of hydrogen-bond acceptors (Lipinski definition) is 5. The van der Waals surface area contributed by atoms with E-state index in [2.05, 4.69) is 36.5 Å². The summed E-state index contributed by atoms with van der Waals surface area (Å²) in [6.45, 7) is 0.216. The summed E-state index contributed by atoms with van der Waals surface area (Å²) in [4.78, 5) is 30.9. The van der Waals surface area contributed by atoms with Crippen LogP contribution < -0.4 is 10.6 Å². The number of imide groups is 1. The summed E-state index contributed by atoms with van der Waals surface area (Å²) in [5, 5.41) is 5.41. The van der Waals surface area contributed by atoms with Crippen molar-refractivity contribution in [2.24, 2.45) is 0 Å². The van der Waals surface area contributed by atoms with Crippen molar-refractivity contribution in [3.05, 3.63) is 59.1 Å². The fraction of sp³-hybridized carbons (Fsp3) is 0.118. The van der Waals surface area contributed by atoms with Gasteiger partial charge < -0.3 is 14.7 Å². The first-order chi connectivity index (χ1) is 12.6. The van der Waals surface area contributed by atoms with Gasteiger partial charge in [0.25, 0.3) is 0 Å². The van der Waals surface area contributed by atoms with E-state index >= 15 is 0 Å². The lowest BCUT2D eigenvalue weighted by atomic mass is 10.2. The number of imidazole rings is 1. The Balaban J connectivity index is 1.44. The highest BCUT2D eigenvalue weighted by atomic mass is 79.9. The number of aromatic amines is 1. The predicted molar refractivity (Wildman–Crippen MR) is 102 cm³/mol. The molecule has 0 atom stereocenters. The molecule has 0 saturated carbocycles. The fourth-order valence-electron chi connectivity index (χ4n) is 2.07. The van der Waals surface area contributed by atoms with Gasteiger partial charge in [0, 0.05) is 4.47 Å². The highest BCUT2D eigenvalue weighted by Gasteiger charge is 2.10. The van der Waals surface area contributed by atoms with Crippen molar-refractivity contribution < 1.29 is 14.0 Å². The second-order valence-electron chi connectivity index (χ2n) is 5.21. The normalized spacial score (nSPS) is 10.5. The minimum atomic E-state index is -0.568. The summed E-state index contributed by atoms with van der Waals surface area (Å²) < 4.78 is 6.09. The van der Waals surface area contributed by atoms with Crippen LogP contribution in [0.3, 0.4) is 0 Å². The number of halogens is 1. The van der Waals surface area contributed by atoms with Crippen LogP contribution >= 0.6 is 27.7 Å². The molecule has 2 heterocycles. The molecule has 3 amide bonds. The Labute approximate surface area is 162 Å². The van der Waals surface area contributed by atoms with Crippen LogP contribution in [0.25, 0.3) is 11.3 Å². The molecule has 3 rings (SSSR count). The molecule has 0 saturated heterocycles. The van der Waals surface area contributed by atoms with Crippen LogP contribution in [0.2, 0.25) is 0 Å². The summed E-state index contributed by atoms with van der Waals surface area (Å²) in [5.41, 5.74) is 1.85. The second kappa shape index (κ2) is 8.72. The van der Waals surface area contributed by atoms with Gasteiger partial charge in [-0.3, -0.25) is 10.1 Å². The van der Waals surface area contributed by atoms with E-state index in [1.54, 1.807) is 18.3 Å². The molecule has 0 aliphatic heterocycles. The number of urea groups is 1. The van der Waals surface area contributed by atoms with Crippen LogP contribution in [0.15, 0.2) is 62.9 Å². The summed E-state index contributed by atoms with van der Waals surface area (Å²) >= 11 is 4.61. The molecule has 3 aromatic rings. The maximum absolute atomic E-state index is 11.8. The molecule has 2 aromatic heterocycles. The highest BCUT2D eigenvalue weighted by molar-refractivity contribution is 9.10. The molecule has 0 spiro atoms. The first-order valence-corrected chi connectivity index (χ1v) is 9.42. The van der Waals surface area contributed by atoms with Gasteiger partial charge in [-0.15, -0.1) is 0 Å². The molecule has 1 aromatic carbocycles. The maximum Gasteiger partial charge on any atom is 0.321 e. The number of carbonyl (C=O) groups excluding carboxylic acids is 2. The van der Waals surface area contributed by atoms with Gasteiger partial charge in [0.1, 0.15) is 5.76 Å². The van der Waals surface area contributed by atoms with E-state index in [4.69, 9.17) is 4.42 Å². The van der Waals surface area contributed by atoms with Gasteiger partial charge in [0.15, 0.2) is 5.16 Å². The number of benzene rings is 1. The number of carbonyl (C=O) groups is 2. The molecule has 26 heavy (non-hydrogen) atoms. The maximum atomic E-state index is 11.8. The van der Waals surface area contributed by atoms with Crippen molar-refractivity contribution in [3.63, 3.8) is 0 Å². The number of nitrogens with one attached hydrogen (secondary N) is 3. The Kier molecular flexibility index (Phi) is 6.13. The van der Waals surface area contributed by atoms with E-state index in [0.29, 0.717) is 10.9 Å². The van der Waals surface area contributed by atoms with Crippen LogP contribution in [-0.2, 0) is 11.3 Å². The molecule has 134 valence electrons. The third-order valence-corrected chi connectivity index (χ3v) is 4.72. The van der Waals surface area contributed by atoms with Crippen molar-refractivity contribution in [3.8, 4) is 11.3 Å². The van der Waals surface area contributed by atoms with E-state index in [9.17, 15) is 9.59 Å². The van der Waals surface area contributed by atoms with Crippen LogP contribution in [0.4, 0.5) is 4.79 Å². The summed E-state index contributed by atoms with van der Waals surface area (Å²) in [5.74, 6) is 0.271. The first-order valence-electron chi connectivity index (χ1n) is 7.64. The Morgan fingerprint density at radius 3 is 2.77 bits per heavy atom. The number of H-pyrrole nitrogens is 1. The van der Waals surface area contributed by atoms with E-state index in [0.717, 1.165) is 15.7 Å². The Morgan fingerprint density at radius 2 is 2.04 bits per heavy atom. The van der Waals surface area contributed by atoms with Crippen molar-refractivity contribution in [2.45, 2.75) is 11.7 Å². The molecular weight excluding hydrogens is 420 g/mol. The zero-order chi connectivity index (χ0) is 18.4. The molecule has 0 aliphatic rings. The minimum absolute atomic E-state index is 0.0709. The van der Waals surface area contributed by atoms with Crippen LogP contribution in [0.1, 0.15) is 5.76 Å². The Hall–Kier alpha value is -2.52. The number of thioether (sulfide) groups is 1. The Morgan fingerprint density at radius 1 is 1.23 bits per heavy atom. The Bertz CT molecular complexity index is 878. The van der Waals surface area contributed by atoms with Crippen LogP contribution in [0.5, 0.6) is 0 Å². The molecule has 0 fully saturated rings. The third-order valence-electron chi connectivity index (χ3n) is 3.30. The average Bonchev–Trinajstić information content (AvgIpc) is 3.31. The summed E-state index contributed by atoms with van der Waals surface area (Å²) in [6, 6.07) is 10.7. The van der Waals surface area contributed by atoms with Gasteiger partial charge in [-0.1, -0.05) is 39.8 Å². The number of amides is 3. The van der Waals surface area contributed by atoms with Gasteiger partial charge in [0.2, 0.25) is 5.91 Å². The molecule has 7 nitrogen and oxygen atoms in total. The topological polar surface area (TPSA) is 100 Å². The van der Waals surface area contributed by atoms with Gasteiger partial charge in [0.05, 0.1) is 30.5 Å². The quantitative estimate of drug-likeness (QED) is 0.515. The van der Waals surface area contributed by atoms with E-state index in [1.807, 2.05) is 24.3 Å². The zero-order valence-electron chi connectivity index (χ0n) is 13.5. The van der Waals surface area contributed by atoms with Gasteiger partial charge in [-0.25, -0.2) is 9.78 Å². The van der Waals surface area contributed by atoms with Crippen molar-refractivity contribution in [2.75, 3.05) is 5.75 Å². The van der Waals surface area contributed by atoms with E-state index in [-0.39, 0.29) is 12.3 Å². The third kappa shape index (κ3) is 5.24. The first kappa shape index (κ1) is 18.3.